The highest BCUT2D eigenvalue weighted by Crippen LogP contribution is 2.13. The summed E-state index contributed by atoms with van der Waals surface area (Å²) in [5, 5.41) is 7.47. The van der Waals surface area contributed by atoms with Crippen LogP contribution in [0.15, 0.2) is 88.5 Å². The van der Waals surface area contributed by atoms with E-state index in [9.17, 15) is 14.4 Å². The Morgan fingerprint density at radius 2 is 1.74 bits per heavy atom. The molecule has 1 aromatic heterocycles. The van der Waals surface area contributed by atoms with Gasteiger partial charge in [-0.1, -0.05) is 66.2 Å². The Morgan fingerprint density at radius 1 is 1.00 bits per heavy atom. The maximum Gasteiger partial charge on any atom is 0.352 e. The molecule has 1 heterocycles. The van der Waals surface area contributed by atoms with Crippen LogP contribution in [0.1, 0.15) is 40.1 Å². The summed E-state index contributed by atoms with van der Waals surface area (Å²) in [6, 6.07) is 23.0. The van der Waals surface area contributed by atoms with E-state index in [1.54, 1.807) is 42.5 Å². The van der Waals surface area contributed by atoms with Crippen molar-refractivity contribution in [2.75, 3.05) is 0 Å². The summed E-state index contributed by atoms with van der Waals surface area (Å²) in [5.74, 6) is -0.664. The highest BCUT2D eigenvalue weighted by molar-refractivity contribution is 6.30. The van der Waals surface area contributed by atoms with Crippen LogP contribution in [0.2, 0.25) is 5.02 Å². The van der Waals surface area contributed by atoms with Gasteiger partial charge in [0.25, 0.3) is 11.5 Å². The molecule has 4 rings (SSSR count). The molecule has 172 valence electrons. The Balaban J connectivity index is 1.82. The lowest BCUT2D eigenvalue weighted by molar-refractivity contribution is 0.0930. The SMILES string of the molecule is Cc1cccc(-n2nc(C(=O)N[C@@H](C)c3ccccc3)c(=O)n(Cc3cccc(Cl)c3)c2=O)c1. The molecule has 3 aromatic carbocycles. The van der Waals surface area contributed by atoms with Gasteiger partial charge in [0.15, 0.2) is 0 Å². The number of amides is 1. The van der Waals surface area contributed by atoms with E-state index >= 15 is 0 Å². The molecule has 1 N–H and O–H groups in total. The van der Waals surface area contributed by atoms with Crippen LogP contribution in [0.5, 0.6) is 0 Å². The van der Waals surface area contributed by atoms with E-state index < -0.39 is 17.2 Å². The lowest BCUT2D eigenvalue weighted by Gasteiger charge is -2.16. The zero-order valence-corrected chi connectivity index (χ0v) is 19.5. The minimum absolute atomic E-state index is 0.0545. The Labute approximate surface area is 201 Å². The molecule has 0 radical (unpaired) electrons. The van der Waals surface area contributed by atoms with Crippen molar-refractivity contribution in [1.82, 2.24) is 19.7 Å². The van der Waals surface area contributed by atoms with Crippen molar-refractivity contribution in [3.8, 4) is 5.69 Å². The van der Waals surface area contributed by atoms with Gasteiger partial charge < -0.3 is 5.32 Å². The predicted molar refractivity (Wildman–Crippen MR) is 132 cm³/mol. The second kappa shape index (κ2) is 9.89. The summed E-state index contributed by atoms with van der Waals surface area (Å²) < 4.78 is 2.09. The molecule has 0 saturated heterocycles. The molecule has 8 heteroatoms. The molecule has 0 aliphatic heterocycles. The standard InChI is InChI=1S/C26H23ClN4O3/c1-17-8-6-13-22(14-17)31-26(34)30(16-19-9-7-12-21(27)15-19)25(33)23(29-31)24(32)28-18(2)20-10-4-3-5-11-20/h3-15,18H,16H2,1-2H3,(H,28,32)/t18-/m0/s1. The van der Waals surface area contributed by atoms with Crippen LogP contribution in [0, 0.1) is 6.92 Å². The average molecular weight is 475 g/mol. The van der Waals surface area contributed by atoms with Crippen molar-refractivity contribution in [2.45, 2.75) is 26.4 Å². The number of hydrogen-bond acceptors (Lipinski definition) is 4. The smallest absolute Gasteiger partial charge is 0.344 e. The van der Waals surface area contributed by atoms with E-state index in [1.165, 1.54) is 0 Å². The number of hydrogen-bond donors (Lipinski definition) is 1. The first-order valence-electron chi connectivity index (χ1n) is 10.7. The van der Waals surface area contributed by atoms with Gasteiger partial charge in [-0.2, -0.15) is 9.78 Å². The van der Waals surface area contributed by atoms with Gasteiger partial charge >= 0.3 is 5.69 Å². The molecule has 34 heavy (non-hydrogen) atoms. The number of rotatable bonds is 6. The van der Waals surface area contributed by atoms with E-state index in [0.29, 0.717) is 16.3 Å². The van der Waals surface area contributed by atoms with Gasteiger partial charge in [0.2, 0.25) is 5.69 Å². The number of nitrogens with one attached hydrogen (secondary N) is 1. The summed E-state index contributed by atoms with van der Waals surface area (Å²) in [6.45, 7) is 3.64. The van der Waals surface area contributed by atoms with Gasteiger partial charge in [-0.25, -0.2) is 4.79 Å². The first-order chi connectivity index (χ1) is 16.3. The number of aromatic nitrogens is 3. The molecule has 4 aromatic rings. The second-order valence-corrected chi connectivity index (χ2v) is 8.45. The lowest BCUT2D eigenvalue weighted by Crippen LogP contribution is -2.46. The summed E-state index contributed by atoms with van der Waals surface area (Å²) in [4.78, 5) is 39.7. The summed E-state index contributed by atoms with van der Waals surface area (Å²) in [5.41, 5.74) is 1.10. The molecule has 0 aliphatic carbocycles. The Morgan fingerprint density at radius 3 is 2.44 bits per heavy atom. The molecular formula is C26H23ClN4O3. The largest absolute Gasteiger partial charge is 0.352 e. The number of carbonyl (C=O) groups excluding carboxylic acids is 1. The van der Waals surface area contributed by atoms with Gasteiger partial charge in [0.05, 0.1) is 18.3 Å². The monoisotopic (exact) mass is 474 g/mol. The van der Waals surface area contributed by atoms with E-state index in [-0.39, 0.29) is 18.3 Å². The molecule has 0 aliphatic rings. The molecule has 0 unspecified atom stereocenters. The lowest BCUT2D eigenvalue weighted by atomic mass is 10.1. The predicted octanol–water partition coefficient (Wildman–Crippen LogP) is 3.90. The first kappa shape index (κ1) is 23.2. The fraction of sp³-hybridized carbons (Fsp3) is 0.154. The average Bonchev–Trinajstić information content (AvgIpc) is 2.82. The Bertz CT molecular complexity index is 1460. The van der Waals surface area contributed by atoms with Crippen LogP contribution in [0.3, 0.4) is 0 Å². The molecule has 0 saturated carbocycles. The van der Waals surface area contributed by atoms with Crippen molar-refractivity contribution in [1.29, 1.82) is 0 Å². The van der Waals surface area contributed by atoms with Crippen LogP contribution >= 0.6 is 11.6 Å². The van der Waals surface area contributed by atoms with Crippen LogP contribution < -0.4 is 16.6 Å². The van der Waals surface area contributed by atoms with Crippen molar-refractivity contribution >= 4 is 17.5 Å². The number of nitrogens with zero attached hydrogens (tertiary/aromatic N) is 3. The van der Waals surface area contributed by atoms with E-state index in [4.69, 9.17) is 11.6 Å². The third-order valence-corrected chi connectivity index (χ3v) is 5.63. The third kappa shape index (κ3) is 5.00. The maximum atomic E-state index is 13.3. The molecular weight excluding hydrogens is 452 g/mol. The minimum atomic E-state index is -0.772. The van der Waals surface area contributed by atoms with Gasteiger partial charge in [-0.05, 0) is 54.8 Å². The first-order valence-corrected chi connectivity index (χ1v) is 11.1. The number of aryl methyl sites for hydroxylation is 1. The minimum Gasteiger partial charge on any atom is -0.344 e. The number of benzene rings is 3. The van der Waals surface area contributed by atoms with E-state index in [1.807, 2.05) is 50.2 Å². The molecule has 0 spiro atoms. The highest BCUT2D eigenvalue weighted by atomic mass is 35.5. The van der Waals surface area contributed by atoms with Crippen molar-refractivity contribution in [3.63, 3.8) is 0 Å². The normalized spacial score (nSPS) is 11.7. The molecule has 0 fully saturated rings. The third-order valence-electron chi connectivity index (χ3n) is 5.40. The van der Waals surface area contributed by atoms with Crippen molar-refractivity contribution < 1.29 is 4.79 Å². The second-order valence-electron chi connectivity index (χ2n) is 8.01. The van der Waals surface area contributed by atoms with E-state index in [0.717, 1.165) is 20.4 Å². The van der Waals surface area contributed by atoms with Gasteiger partial charge in [0.1, 0.15) is 0 Å². The molecule has 1 amide bonds. The van der Waals surface area contributed by atoms with Crippen molar-refractivity contribution in [3.05, 3.63) is 127 Å². The van der Waals surface area contributed by atoms with Crippen LogP contribution in [-0.4, -0.2) is 20.3 Å². The topological polar surface area (TPSA) is 86.0 Å². The number of halogens is 1. The van der Waals surface area contributed by atoms with Crippen LogP contribution in [0.4, 0.5) is 0 Å². The zero-order chi connectivity index (χ0) is 24.2. The fourth-order valence-corrected chi connectivity index (χ4v) is 3.85. The number of carbonyl (C=O) groups is 1. The maximum absolute atomic E-state index is 13.3. The van der Waals surface area contributed by atoms with Crippen molar-refractivity contribution in [2.24, 2.45) is 0 Å². The quantitative estimate of drug-likeness (QED) is 0.459. The highest BCUT2D eigenvalue weighted by Gasteiger charge is 2.22. The fourth-order valence-electron chi connectivity index (χ4n) is 3.63. The van der Waals surface area contributed by atoms with Gasteiger partial charge in [-0.3, -0.25) is 14.2 Å². The molecule has 7 nitrogen and oxygen atoms in total. The van der Waals surface area contributed by atoms with Crippen LogP contribution in [0.25, 0.3) is 5.69 Å². The zero-order valence-electron chi connectivity index (χ0n) is 18.7. The molecule has 1 atom stereocenters. The summed E-state index contributed by atoms with van der Waals surface area (Å²) in [7, 11) is 0. The van der Waals surface area contributed by atoms with Crippen LogP contribution in [-0.2, 0) is 6.54 Å². The molecule has 0 bridgehead atoms. The van der Waals surface area contributed by atoms with Gasteiger partial charge in [-0.15, -0.1) is 0 Å². The Hall–Kier alpha value is -3.97. The Kier molecular flexibility index (Phi) is 6.75. The summed E-state index contributed by atoms with van der Waals surface area (Å²) >= 11 is 6.09. The van der Waals surface area contributed by atoms with E-state index in [2.05, 4.69) is 10.4 Å². The van der Waals surface area contributed by atoms with Gasteiger partial charge in [0, 0.05) is 5.02 Å². The summed E-state index contributed by atoms with van der Waals surface area (Å²) in [6.07, 6.45) is 0.